The molecule has 0 amide bonds. The molecule has 3 rings (SSSR count). The monoisotopic (exact) mass is 348 g/mol. The first kappa shape index (κ1) is 14.0. The van der Waals surface area contributed by atoms with Crippen molar-refractivity contribution in [3.8, 4) is 0 Å². The summed E-state index contributed by atoms with van der Waals surface area (Å²) in [5, 5.41) is 0. The van der Waals surface area contributed by atoms with Crippen molar-refractivity contribution >= 4 is 33.0 Å². The number of carbonyl (C=O) groups excluding carboxylic acids is 1. The minimum atomic E-state index is 0.194. The molecule has 2 aromatic rings. The highest BCUT2D eigenvalue weighted by molar-refractivity contribution is 9.11. The van der Waals surface area contributed by atoms with Crippen LogP contribution in [0.3, 0.4) is 0 Å². The maximum absolute atomic E-state index is 12.2. The molecule has 2 unspecified atom stereocenters. The molecule has 20 heavy (non-hydrogen) atoms. The number of halogens is 1. The molecule has 1 fully saturated rings. The van der Waals surface area contributed by atoms with Crippen LogP contribution in [-0.2, 0) is 11.2 Å². The second-order valence-electron chi connectivity index (χ2n) is 5.46. The van der Waals surface area contributed by atoms with Gasteiger partial charge in [-0.3, -0.25) is 4.79 Å². The zero-order valence-corrected chi connectivity index (χ0v) is 13.6. The van der Waals surface area contributed by atoms with E-state index in [-0.39, 0.29) is 5.92 Å². The van der Waals surface area contributed by atoms with Crippen molar-refractivity contribution in [1.82, 2.24) is 0 Å². The van der Waals surface area contributed by atoms with Crippen LogP contribution in [0.4, 0.5) is 0 Å². The second-order valence-corrected chi connectivity index (χ2v) is 8.00. The van der Waals surface area contributed by atoms with E-state index in [4.69, 9.17) is 0 Å². The van der Waals surface area contributed by atoms with Gasteiger partial charge in [-0.25, -0.2) is 0 Å². The Kier molecular flexibility index (Phi) is 4.37. The molecule has 0 radical (unpaired) electrons. The Morgan fingerprint density at radius 3 is 2.65 bits per heavy atom. The standard InChI is InChI=1S/C17H17BrOS/c18-17-9-7-15(20-17)11-14-10-13(6-8-16(14)19)12-4-2-1-3-5-12/h1-5,7,9,13-14H,6,8,10-11H2. The Hall–Kier alpha value is -0.930. The predicted octanol–water partition coefficient (Wildman–Crippen LogP) is 5.21. The highest BCUT2D eigenvalue weighted by atomic mass is 79.9. The molecular weight excluding hydrogens is 332 g/mol. The largest absolute Gasteiger partial charge is 0.299 e. The molecule has 1 saturated carbocycles. The fourth-order valence-corrected chi connectivity index (χ4v) is 4.61. The van der Waals surface area contributed by atoms with Gasteiger partial charge in [0.05, 0.1) is 3.79 Å². The van der Waals surface area contributed by atoms with Crippen molar-refractivity contribution in [2.75, 3.05) is 0 Å². The molecule has 3 heteroatoms. The molecule has 0 saturated heterocycles. The predicted molar refractivity (Wildman–Crippen MR) is 87.3 cm³/mol. The number of thiophene rings is 1. The van der Waals surface area contributed by atoms with Gasteiger partial charge in [0, 0.05) is 17.2 Å². The molecule has 1 heterocycles. The number of hydrogen-bond donors (Lipinski definition) is 0. The van der Waals surface area contributed by atoms with Gasteiger partial charge in [0.2, 0.25) is 0 Å². The summed E-state index contributed by atoms with van der Waals surface area (Å²) >= 11 is 5.24. The molecule has 0 aliphatic heterocycles. The number of ketones is 1. The molecule has 0 spiro atoms. The van der Waals surface area contributed by atoms with Crippen molar-refractivity contribution in [2.45, 2.75) is 31.6 Å². The fraction of sp³-hybridized carbons (Fsp3) is 0.353. The SMILES string of the molecule is O=C1CCC(c2ccccc2)CC1Cc1ccc(Br)s1. The lowest BCUT2D eigenvalue weighted by Gasteiger charge is -2.28. The van der Waals surface area contributed by atoms with Crippen molar-refractivity contribution in [3.05, 3.63) is 56.7 Å². The van der Waals surface area contributed by atoms with Crippen LogP contribution in [0.25, 0.3) is 0 Å². The first-order chi connectivity index (χ1) is 9.72. The minimum absolute atomic E-state index is 0.194. The van der Waals surface area contributed by atoms with Crippen LogP contribution >= 0.6 is 27.3 Å². The third-order valence-corrected chi connectivity index (χ3v) is 5.76. The Labute approximate surface area is 132 Å². The number of hydrogen-bond acceptors (Lipinski definition) is 2. The number of rotatable bonds is 3. The highest BCUT2D eigenvalue weighted by Crippen LogP contribution is 2.37. The number of Topliss-reactive ketones (excluding diaryl/α,β-unsaturated/α-hetero) is 1. The Bertz CT molecular complexity index is 590. The average molecular weight is 349 g/mol. The Morgan fingerprint density at radius 1 is 1.15 bits per heavy atom. The van der Waals surface area contributed by atoms with Crippen molar-refractivity contribution in [3.63, 3.8) is 0 Å². The van der Waals surface area contributed by atoms with Gasteiger partial charge in [-0.05, 0) is 58.8 Å². The fourth-order valence-electron chi connectivity index (χ4n) is 3.04. The van der Waals surface area contributed by atoms with Crippen LogP contribution in [0.5, 0.6) is 0 Å². The van der Waals surface area contributed by atoms with E-state index in [0.29, 0.717) is 11.7 Å². The molecule has 1 aliphatic carbocycles. The van der Waals surface area contributed by atoms with Gasteiger partial charge in [0.25, 0.3) is 0 Å². The summed E-state index contributed by atoms with van der Waals surface area (Å²) in [6, 6.07) is 14.8. The Morgan fingerprint density at radius 2 is 1.95 bits per heavy atom. The molecule has 0 bridgehead atoms. The first-order valence-electron chi connectivity index (χ1n) is 7.04. The normalized spacial score (nSPS) is 22.9. The van der Waals surface area contributed by atoms with Crippen molar-refractivity contribution in [2.24, 2.45) is 5.92 Å². The second kappa shape index (κ2) is 6.23. The molecule has 1 nitrogen and oxygen atoms in total. The summed E-state index contributed by atoms with van der Waals surface area (Å²) in [6.45, 7) is 0. The van der Waals surface area contributed by atoms with E-state index < -0.39 is 0 Å². The number of benzene rings is 1. The zero-order chi connectivity index (χ0) is 13.9. The first-order valence-corrected chi connectivity index (χ1v) is 8.65. The summed E-state index contributed by atoms with van der Waals surface area (Å²) in [5.74, 6) is 1.18. The lowest BCUT2D eigenvalue weighted by atomic mass is 9.76. The van der Waals surface area contributed by atoms with Gasteiger partial charge >= 0.3 is 0 Å². The van der Waals surface area contributed by atoms with Crippen LogP contribution in [0.1, 0.15) is 35.6 Å². The van der Waals surface area contributed by atoms with Crippen LogP contribution < -0.4 is 0 Å². The van der Waals surface area contributed by atoms with Crippen LogP contribution in [0.2, 0.25) is 0 Å². The molecule has 1 aliphatic rings. The maximum atomic E-state index is 12.2. The lowest BCUT2D eigenvalue weighted by Crippen LogP contribution is -2.25. The van der Waals surface area contributed by atoms with E-state index in [1.807, 2.05) is 0 Å². The molecule has 1 aromatic carbocycles. The van der Waals surface area contributed by atoms with Gasteiger partial charge in [-0.2, -0.15) is 0 Å². The number of carbonyl (C=O) groups is 1. The minimum Gasteiger partial charge on any atom is -0.299 e. The Balaban J connectivity index is 1.72. The van der Waals surface area contributed by atoms with E-state index >= 15 is 0 Å². The van der Waals surface area contributed by atoms with E-state index in [9.17, 15) is 4.79 Å². The maximum Gasteiger partial charge on any atom is 0.136 e. The van der Waals surface area contributed by atoms with Crippen molar-refractivity contribution in [1.29, 1.82) is 0 Å². The van der Waals surface area contributed by atoms with Gasteiger partial charge in [0.1, 0.15) is 5.78 Å². The average Bonchev–Trinajstić information content (AvgIpc) is 2.88. The molecule has 2 atom stereocenters. The summed E-state index contributed by atoms with van der Waals surface area (Å²) in [6.07, 6.45) is 3.64. The smallest absolute Gasteiger partial charge is 0.136 e. The van der Waals surface area contributed by atoms with Gasteiger partial charge < -0.3 is 0 Å². The summed E-state index contributed by atoms with van der Waals surface area (Å²) in [5.41, 5.74) is 1.39. The molecule has 104 valence electrons. The quantitative estimate of drug-likeness (QED) is 0.744. The van der Waals surface area contributed by atoms with Crippen LogP contribution in [0, 0.1) is 5.92 Å². The zero-order valence-electron chi connectivity index (χ0n) is 11.2. The topological polar surface area (TPSA) is 17.1 Å². The third-order valence-electron chi connectivity index (χ3n) is 4.11. The molecular formula is C17H17BrOS. The molecule has 1 aromatic heterocycles. The highest BCUT2D eigenvalue weighted by Gasteiger charge is 2.29. The van der Waals surface area contributed by atoms with Gasteiger partial charge in [-0.1, -0.05) is 30.3 Å². The van der Waals surface area contributed by atoms with Gasteiger partial charge in [-0.15, -0.1) is 11.3 Å². The van der Waals surface area contributed by atoms with Gasteiger partial charge in [0.15, 0.2) is 0 Å². The summed E-state index contributed by atoms with van der Waals surface area (Å²) in [4.78, 5) is 13.5. The summed E-state index contributed by atoms with van der Waals surface area (Å²) < 4.78 is 1.15. The lowest BCUT2D eigenvalue weighted by molar-refractivity contribution is -0.124. The van der Waals surface area contributed by atoms with Crippen molar-refractivity contribution < 1.29 is 4.79 Å². The van der Waals surface area contributed by atoms with Crippen LogP contribution in [0.15, 0.2) is 46.3 Å². The van der Waals surface area contributed by atoms with E-state index in [0.717, 1.165) is 29.5 Å². The summed E-state index contributed by atoms with van der Waals surface area (Å²) in [7, 11) is 0. The van der Waals surface area contributed by atoms with E-state index in [1.54, 1.807) is 11.3 Å². The third kappa shape index (κ3) is 3.21. The van der Waals surface area contributed by atoms with E-state index in [2.05, 4.69) is 58.4 Å². The molecule has 0 N–H and O–H groups in total. The van der Waals surface area contributed by atoms with Crippen LogP contribution in [-0.4, -0.2) is 5.78 Å². The van der Waals surface area contributed by atoms with E-state index in [1.165, 1.54) is 10.4 Å².